The molecule has 0 fully saturated rings. The van der Waals surface area contributed by atoms with E-state index in [1.54, 1.807) is 0 Å². The Morgan fingerprint density at radius 2 is 1.73 bits per heavy atom. The first-order chi connectivity index (χ1) is 10.7. The summed E-state index contributed by atoms with van der Waals surface area (Å²) in [6, 6.07) is 0. The van der Waals surface area contributed by atoms with Crippen LogP contribution in [0.1, 0.15) is 77.6 Å². The highest BCUT2D eigenvalue weighted by Gasteiger charge is 2.00. The molecule has 0 aromatic rings. The van der Waals surface area contributed by atoms with Crippen molar-refractivity contribution in [2.24, 2.45) is 0 Å². The molecule has 22 heavy (non-hydrogen) atoms. The predicted octanol–water partition coefficient (Wildman–Crippen LogP) is 4.02. The van der Waals surface area contributed by atoms with Gasteiger partial charge in [-0.3, -0.25) is 5.26 Å². The van der Waals surface area contributed by atoms with Crippen molar-refractivity contribution < 1.29 is 20.0 Å². The molecule has 0 heterocycles. The van der Waals surface area contributed by atoms with Gasteiger partial charge in [-0.2, -0.15) is 0 Å². The fourth-order valence-electron chi connectivity index (χ4n) is 2.15. The number of carbonyl (C=O) groups is 1. The Kier molecular flexibility index (Phi) is 15.4. The first-order valence-corrected chi connectivity index (χ1v) is 8.52. The van der Waals surface area contributed by atoms with Crippen molar-refractivity contribution in [3.63, 3.8) is 0 Å². The van der Waals surface area contributed by atoms with E-state index in [-0.39, 0.29) is 12.5 Å². The summed E-state index contributed by atoms with van der Waals surface area (Å²) in [4.78, 5) is 14.7. The van der Waals surface area contributed by atoms with E-state index in [9.17, 15) is 9.90 Å². The van der Waals surface area contributed by atoms with Gasteiger partial charge in [0.1, 0.15) is 6.10 Å². The van der Waals surface area contributed by atoms with E-state index >= 15 is 0 Å². The zero-order valence-electron chi connectivity index (χ0n) is 13.8. The molecule has 0 spiro atoms. The van der Waals surface area contributed by atoms with Crippen molar-refractivity contribution in [1.82, 2.24) is 0 Å². The molecule has 128 valence electrons. The van der Waals surface area contributed by atoms with Crippen molar-refractivity contribution in [2.45, 2.75) is 83.7 Å². The van der Waals surface area contributed by atoms with E-state index in [2.05, 4.69) is 24.0 Å². The quantitative estimate of drug-likeness (QED) is 0.215. The van der Waals surface area contributed by atoms with Crippen molar-refractivity contribution in [3.05, 3.63) is 24.3 Å². The molecule has 1 atom stereocenters. The fraction of sp³-hybridized carbons (Fsp3) is 0.722. The van der Waals surface area contributed by atoms with E-state index in [0.29, 0.717) is 12.8 Å². The number of carbonyl (C=O) groups excluding carboxylic acids is 1. The first kappa shape index (κ1) is 20.9. The number of allylic oxidation sites excluding steroid dienone is 2. The third-order valence-corrected chi connectivity index (χ3v) is 3.50. The number of unbranched alkanes of at least 4 members (excludes halogenated alkanes) is 7. The van der Waals surface area contributed by atoms with Crippen LogP contribution < -0.4 is 5.11 Å². The standard InChI is InChI=1S/C18H32O4/c1-2-3-4-5-8-11-14-17(22-21)15-12-9-6-7-10-13-16-18(19)20/h8,11-12,15,17,21H,2-7,9-10,13-14,16H2,1H3,(H,19,20)/p-1/b11-8-,15-12+/t17-/m1/s1. The largest absolute Gasteiger partial charge is 0.550 e. The van der Waals surface area contributed by atoms with Crippen LogP contribution in [0.4, 0.5) is 0 Å². The second-order valence-corrected chi connectivity index (χ2v) is 5.60. The Morgan fingerprint density at radius 3 is 2.41 bits per heavy atom. The monoisotopic (exact) mass is 311 g/mol. The van der Waals surface area contributed by atoms with Crippen LogP contribution in [-0.2, 0) is 9.68 Å². The first-order valence-electron chi connectivity index (χ1n) is 8.52. The van der Waals surface area contributed by atoms with Gasteiger partial charge in [0.15, 0.2) is 0 Å². The van der Waals surface area contributed by atoms with E-state index < -0.39 is 5.97 Å². The van der Waals surface area contributed by atoms with Crippen molar-refractivity contribution >= 4 is 5.97 Å². The van der Waals surface area contributed by atoms with Crippen LogP contribution in [0.3, 0.4) is 0 Å². The van der Waals surface area contributed by atoms with Gasteiger partial charge in [-0.25, -0.2) is 4.89 Å². The number of carboxylic acids is 1. The average molecular weight is 311 g/mol. The van der Waals surface area contributed by atoms with Gasteiger partial charge in [0.25, 0.3) is 0 Å². The van der Waals surface area contributed by atoms with Gasteiger partial charge in [-0.05, 0) is 44.9 Å². The SMILES string of the molecule is CCCCC/C=C\C[C@H](/C=C/CCCCCCC(=O)[O-])OO. The maximum absolute atomic E-state index is 10.2. The van der Waals surface area contributed by atoms with E-state index in [0.717, 1.165) is 32.1 Å². The lowest BCUT2D eigenvalue weighted by molar-refractivity contribution is -0.305. The van der Waals surface area contributed by atoms with Crippen LogP contribution in [-0.4, -0.2) is 17.3 Å². The minimum absolute atomic E-state index is 0.154. The van der Waals surface area contributed by atoms with Crippen LogP contribution in [0.15, 0.2) is 24.3 Å². The third kappa shape index (κ3) is 15.3. The van der Waals surface area contributed by atoms with Crippen LogP contribution in [0, 0.1) is 0 Å². The number of carboxylic acid groups (broad SMARTS) is 1. The summed E-state index contributed by atoms with van der Waals surface area (Å²) in [6.45, 7) is 2.19. The third-order valence-electron chi connectivity index (χ3n) is 3.50. The Labute approximate surface area is 134 Å². The second kappa shape index (κ2) is 16.2. The molecule has 4 nitrogen and oxygen atoms in total. The summed E-state index contributed by atoms with van der Waals surface area (Å²) in [5.74, 6) is -0.967. The second-order valence-electron chi connectivity index (χ2n) is 5.60. The molecule has 0 saturated heterocycles. The summed E-state index contributed by atoms with van der Waals surface area (Å²) in [6.07, 6.45) is 18.0. The zero-order chi connectivity index (χ0) is 16.5. The van der Waals surface area contributed by atoms with Gasteiger partial charge < -0.3 is 9.90 Å². The molecular formula is C18H31O4-. The van der Waals surface area contributed by atoms with Crippen LogP contribution in [0.25, 0.3) is 0 Å². The minimum atomic E-state index is -0.967. The minimum Gasteiger partial charge on any atom is -0.550 e. The summed E-state index contributed by atoms with van der Waals surface area (Å²) in [7, 11) is 0. The highest BCUT2D eigenvalue weighted by molar-refractivity contribution is 5.63. The topological polar surface area (TPSA) is 69.6 Å². The predicted molar refractivity (Wildman–Crippen MR) is 87.2 cm³/mol. The molecule has 0 bridgehead atoms. The average Bonchev–Trinajstić information content (AvgIpc) is 2.50. The van der Waals surface area contributed by atoms with Gasteiger partial charge in [0.05, 0.1) is 0 Å². The maximum atomic E-state index is 10.2. The number of hydrogen-bond acceptors (Lipinski definition) is 4. The Hall–Kier alpha value is -1.13. The van der Waals surface area contributed by atoms with Crippen LogP contribution in [0.2, 0.25) is 0 Å². The molecular weight excluding hydrogens is 280 g/mol. The summed E-state index contributed by atoms with van der Waals surface area (Å²) < 4.78 is 0. The molecule has 0 rings (SSSR count). The molecule has 1 N–H and O–H groups in total. The molecule has 0 aromatic heterocycles. The number of rotatable bonds is 15. The molecule has 0 aliphatic rings. The highest BCUT2D eigenvalue weighted by atomic mass is 17.1. The Bertz CT molecular complexity index is 310. The summed E-state index contributed by atoms with van der Waals surface area (Å²) in [5, 5.41) is 19.1. The van der Waals surface area contributed by atoms with E-state index in [4.69, 9.17) is 5.26 Å². The van der Waals surface area contributed by atoms with Crippen LogP contribution in [0.5, 0.6) is 0 Å². The molecule has 0 unspecified atom stereocenters. The molecule has 0 amide bonds. The molecule has 0 aliphatic heterocycles. The van der Waals surface area contributed by atoms with Crippen molar-refractivity contribution in [1.29, 1.82) is 0 Å². The van der Waals surface area contributed by atoms with Crippen molar-refractivity contribution in [3.8, 4) is 0 Å². The zero-order valence-corrected chi connectivity index (χ0v) is 13.8. The van der Waals surface area contributed by atoms with Crippen LogP contribution >= 0.6 is 0 Å². The lowest BCUT2D eigenvalue weighted by Gasteiger charge is -2.05. The van der Waals surface area contributed by atoms with E-state index in [1.807, 2.05) is 12.2 Å². The highest BCUT2D eigenvalue weighted by Crippen LogP contribution is 2.08. The molecule has 0 radical (unpaired) electrons. The van der Waals surface area contributed by atoms with Gasteiger partial charge in [0.2, 0.25) is 0 Å². The summed E-state index contributed by atoms with van der Waals surface area (Å²) >= 11 is 0. The van der Waals surface area contributed by atoms with E-state index in [1.165, 1.54) is 19.3 Å². The van der Waals surface area contributed by atoms with Gasteiger partial charge in [-0.1, -0.05) is 56.9 Å². The van der Waals surface area contributed by atoms with Crippen molar-refractivity contribution in [2.75, 3.05) is 0 Å². The molecule has 4 heteroatoms. The lowest BCUT2D eigenvalue weighted by Crippen LogP contribution is -2.21. The maximum Gasteiger partial charge on any atom is 0.114 e. The van der Waals surface area contributed by atoms with Gasteiger partial charge >= 0.3 is 0 Å². The summed E-state index contributed by atoms with van der Waals surface area (Å²) in [5.41, 5.74) is 0. The molecule has 0 aromatic carbocycles. The Morgan fingerprint density at radius 1 is 1.05 bits per heavy atom. The smallest absolute Gasteiger partial charge is 0.114 e. The lowest BCUT2D eigenvalue weighted by atomic mass is 10.1. The fourth-order valence-corrected chi connectivity index (χ4v) is 2.15. The normalized spacial score (nSPS) is 13.2. The Balaban J connectivity index is 3.59. The molecule has 0 saturated carbocycles. The number of hydrogen-bond donors (Lipinski definition) is 1. The number of aliphatic carboxylic acids is 1. The van der Waals surface area contributed by atoms with Gasteiger partial charge in [-0.15, -0.1) is 0 Å². The van der Waals surface area contributed by atoms with Gasteiger partial charge in [0, 0.05) is 5.97 Å². The molecule has 0 aliphatic carbocycles.